The number of rotatable bonds is 3. The lowest BCUT2D eigenvalue weighted by Gasteiger charge is -2.50. The minimum absolute atomic E-state index is 0. The van der Waals surface area contributed by atoms with Crippen LogP contribution in [0.5, 0.6) is 0 Å². The molecule has 35 heavy (non-hydrogen) atoms. The summed E-state index contributed by atoms with van der Waals surface area (Å²) in [5, 5.41) is 10.0. The lowest BCUT2D eigenvalue weighted by molar-refractivity contribution is -0.292. The maximum atomic E-state index is 14.5. The summed E-state index contributed by atoms with van der Waals surface area (Å²) in [6.07, 6.45) is -5.06. The molecule has 4 rings (SSSR count). The number of fused-ring (bicyclic) bond motifs is 2. The summed E-state index contributed by atoms with van der Waals surface area (Å²) in [5.41, 5.74) is -2.75. The van der Waals surface area contributed by atoms with Crippen LogP contribution in [-0.4, -0.2) is 58.2 Å². The third kappa shape index (κ3) is 4.12. The number of likely N-dealkylation sites (tertiary alicyclic amines) is 1. The van der Waals surface area contributed by atoms with Gasteiger partial charge in [0, 0.05) is 44.4 Å². The SMILES string of the molecule is CN1CCn2c(ccc2C(F)(F)C(F)(F)F)C12CCN(C(=O)c1ccc(C(C)(C)O)c(F)c1)CC2.[HH]. The van der Waals surface area contributed by atoms with E-state index in [4.69, 9.17) is 0 Å². The fourth-order valence-corrected chi connectivity index (χ4v) is 5.24. The molecule has 2 aliphatic heterocycles. The highest BCUT2D eigenvalue weighted by Gasteiger charge is 2.61. The van der Waals surface area contributed by atoms with Gasteiger partial charge in [-0.1, -0.05) is 6.07 Å². The Hall–Kier alpha value is -2.53. The number of nitrogens with zero attached hydrogens (tertiary/aromatic N) is 3. The molecule has 1 aromatic carbocycles. The highest BCUT2D eigenvalue weighted by molar-refractivity contribution is 5.94. The molecule has 1 N–H and O–H groups in total. The minimum Gasteiger partial charge on any atom is -0.386 e. The smallest absolute Gasteiger partial charge is 0.386 e. The number of amides is 1. The number of aromatic nitrogens is 1. The second-order valence-electron chi connectivity index (χ2n) is 9.83. The van der Waals surface area contributed by atoms with E-state index >= 15 is 0 Å². The zero-order valence-corrected chi connectivity index (χ0v) is 19.6. The van der Waals surface area contributed by atoms with Crippen LogP contribution in [0.3, 0.4) is 0 Å². The van der Waals surface area contributed by atoms with Gasteiger partial charge in [0.25, 0.3) is 5.91 Å². The highest BCUT2D eigenvalue weighted by Crippen LogP contribution is 2.48. The number of carbonyl (C=O) groups excluding carboxylic acids is 1. The largest absolute Gasteiger partial charge is 0.459 e. The molecule has 1 spiro atoms. The van der Waals surface area contributed by atoms with E-state index in [0.29, 0.717) is 18.5 Å². The summed E-state index contributed by atoms with van der Waals surface area (Å²) in [7, 11) is 1.79. The third-order valence-electron chi connectivity index (χ3n) is 7.28. The molecule has 2 aromatic rings. The van der Waals surface area contributed by atoms with E-state index in [1.807, 2.05) is 4.90 Å². The van der Waals surface area contributed by atoms with Crippen molar-refractivity contribution < 1.29 is 37.7 Å². The van der Waals surface area contributed by atoms with Crippen LogP contribution < -0.4 is 0 Å². The van der Waals surface area contributed by atoms with Crippen molar-refractivity contribution >= 4 is 5.91 Å². The van der Waals surface area contributed by atoms with Gasteiger partial charge in [-0.2, -0.15) is 22.0 Å². The van der Waals surface area contributed by atoms with E-state index in [2.05, 4.69) is 0 Å². The Bertz CT molecular complexity index is 1130. The number of piperidine rings is 1. The predicted octanol–water partition coefficient (Wildman–Crippen LogP) is 4.83. The molecule has 5 nitrogen and oxygen atoms in total. The molecule has 1 saturated heterocycles. The molecule has 0 bridgehead atoms. The van der Waals surface area contributed by atoms with E-state index in [1.54, 1.807) is 7.05 Å². The molecule has 1 fully saturated rings. The van der Waals surface area contributed by atoms with Crippen LogP contribution in [0.1, 0.15) is 55.4 Å². The van der Waals surface area contributed by atoms with E-state index in [0.717, 1.165) is 16.7 Å². The van der Waals surface area contributed by atoms with Gasteiger partial charge in [-0.3, -0.25) is 9.69 Å². The van der Waals surface area contributed by atoms with Gasteiger partial charge in [-0.05, 0) is 58.0 Å². The summed E-state index contributed by atoms with van der Waals surface area (Å²) in [6, 6.07) is 6.04. The molecule has 1 amide bonds. The molecule has 0 unspecified atom stereocenters. The number of carbonyl (C=O) groups is 1. The molecule has 2 aliphatic rings. The monoisotopic (exact) mass is 505 g/mol. The van der Waals surface area contributed by atoms with Crippen molar-refractivity contribution in [3.05, 3.63) is 58.7 Å². The number of hydrogen-bond donors (Lipinski definition) is 1. The summed E-state index contributed by atoms with van der Waals surface area (Å²) in [4.78, 5) is 16.5. The fraction of sp³-hybridized carbons (Fsp3) is 0.542. The second-order valence-corrected chi connectivity index (χ2v) is 9.83. The zero-order valence-electron chi connectivity index (χ0n) is 19.6. The van der Waals surface area contributed by atoms with Crippen LogP contribution in [0.15, 0.2) is 30.3 Å². The lowest BCUT2D eigenvalue weighted by Crippen LogP contribution is -2.57. The predicted molar refractivity (Wildman–Crippen MR) is 118 cm³/mol. The van der Waals surface area contributed by atoms with Crippen LogP contribution in [0.4, 0.5) is 26.3 Å². The maximum Gasteiger partial charge on any atom is 0.459 e. The van der Waals surface area contributed by atoms with Gasteiger partial charge in [0.05, 0.1) is 16.8 Å². The topological polar surface area (TPSA) is 48.7 Å². The number of benzene rings is 1. The van der Waals surface area contributed by atoms with Gasteiger partial charge in [-0.25, -0.2) is 4.39 Å². The number of alkyl halides is 5. The van der Waals surface area contributed by atoms with Crippen molar-refractivity contribution in [3.8, 4) is 0 Å². The number of halogens is 6. The fourth-order valence-electron chi connectivity index (χ4n) is 5.24. The van der Waals surface area contributed by atoms with Crippen LogP contribution in [0, 0.1) is 5.82 Å². The number of hydrogen-bond acceptors (Lipinski definition) is 3. The summed E-state index contributed by atoms with van der Waals surface area (Å²) >= 11 is 0. The lowest BCUT2D eigenvalue weighted by atomic mass is 9.81. The quantitative estimate of drug-likeness (QED) is 0.608. The molecule has 0 aliphatic carbocycles. The van der Waals surface area contributed by atoms with Gasteiger partial charge in [0.15, 0.2) is 0 Å². The van der Waals surface area contributed by atoms with Crippen molar-refractivity contribution in [1.29, 1.82) is 0 Å². The first-order chi connectivity index (χ1) is 16.1. The molecule has 1 aromatic heterocycles. The molecule has 3 heterocycles. The standard InChI is InChI=1S/C24H27F6N3O2.H2/c1-21(2,35)16-5-4-15(14-17(16)25)20(34)32-10-8-22(9-11-32)18-6-7-19(23(26,27)24(28,29)30)33(18)13-12-31(22)3;/h4-7,14,35H,8-13H2,1-3H3;1H. The van der Waals surface area contributed by atoms with E-state index in [-0.39, 0.29) is 38.7 Å². The maximum absolute atomic E-state index is 14.5. The molecule has 194 valence electrons. The Labute approximate surface area is 200 Å². The van der Waals surface area contributed by atoms with Gasteiger partial charge in [-0.15, -0.1) is 0 Å². The Morgan fingerprint density at radius 3 is 2.17 bits per heavy atom. The van der Waals surface area contributed by atoms with Crippen LogP contribution >= 0.6 is 0 Å². The van der Waals surface area contributed by atoms with Crippen molar-refractivity contribution in [3.63, 3.8) is 0 Å². The van der Waals surface area contributed by atoms with E-state index in [1.165, 1.54) is 36.9 Å². The van der Waals surface area contributed by atoms with Crippen molar-refractivity contribution in [2.45, 2.75) is 56.5 Å². The molecular weight excluding hydrogens is 476 g/mol. The van der Waals surface area contributed by atoms with Gasteiger partial charge in [0.2, 0.25) is 0 Å². The Balaban J connectivity index is 0.00000361. The molecule has 0 saturated carbocycles. The Kier molecular flexibility index (Phi) is 6.03. The van der Waals surface area contributed by atoms with Crippen LogP contribution in [0.25, 0.3) is 0 Å². The third-order valence-corrected chi connectivity index (χ3v) is 7.28. The molecular formula is C24H29F6N3O2. The first-order valence-corrected chi connectivity index (χ1v) is 11.3. The summed E-state index contributed by atoms with van der Waals surface area (Å²) < 4.78 is 83.0. The zero-order chi connectivity index (χ0) is 26.0. The van der Waals surface area contributed by atoms with Gasteiger partial charge in [0.1, 0.15) is 5.82 Å². The first kappa shape index (κ1) is 25.6. The Morgan fingerprint density at radius 1 is 1.00 bits per heavy atom. The van der Waals surface area contributed by atoms with Gasteiger partial charge < -0.3 is 14.6 Å². The van der Waals surface area contributed by atoms with E-state index < -0.39 is 40.7 Å². The van der Waals surface area contributed by atoms with Crippen molar-refractivity contribution in [2.24, 2.45) is 0 Å². The van der Waals surface area contributed by atoms with Crippen molar-refractivity contribution in [2.75, 3.05) is 26.7 Å². The second kappa shape index (κ2) is 8.26. The Morgan fingerprint density at radius 2 is 1.63 bits per heavy atom. The van der Waals surface area contributed by atoms with Crippen LogP contribution in [-0.2, 0) is 23.6 Å². The minimum atomic E-state index is -5.70. The van der Waals surface area contributed by atoms with Crippen LogP contribution in [0.2, 0.25) is 0 Å². The first-order valence-electron chi connectivity index (χ1n) is 11.3. The number of aliphatic hydroxyl groups is 1. The highest BCUT2D eigenvalue weighted by atomic mass is 19.4. The molecule has 0 radical (unpaired) electrons. The normalized spacial score (nSPS) is 19.2. The summed E-state index contributed by atoms with van der Waals surface area (Å²) in [6.45, 7) is 3.58. The summed E-state index contributed by atoms with van der Waals surface area (Å²) in [5.74, 6) is -6.10. The van der Waals surface area contributed by atoms with E-state index in [9.17, 15) is 36.2 Å². The van der Waals surface area contributed by atoms with Crippen molar-refractivity contribution in [1.82, 2.24) is 14.4 Å². The average molecular weight is 506 g/mol. The number of likely N-dealkylation sites (N-methyl/N-ethyl adjacent to an activating group) is 1. The average Bonchev–Trinajstić information content (AvgIpc) is 3.20. The molecule has 11 heteroatoms. The van der Waals surface area contributed by atoms with Gasteiger partial charge >= 0.3 is 12.1 Å². The molecule has 0 atom stereocenters.